The van der Waals surface area contributed by atoms with Crippen molar-refractivity contribution in [2.24, 2.45) is 5.92 Å². The van der Waals surface area contributed by atoms with E-state index in [9.17, 15) is 9.90 Å². The molecule has 2 unspecified atom stereocenters. The van der Waals surface area contributed by atoms with E-state index in [2.05, 4.69) is 5.32 Å². The van der Waals surface area contributed by atoms with Crippen molar-refractivity contribution in [1.82, 2.24) is 5.32 Å². The van der Waals surface area contributed by atoms with E-state index in [0.717, 1.165) is 0 Å². The van der Waals surface area contributed by atoms with Gasteiger partial charge in [-0.25, -0.2) is 0 Å². The molecule has 0 heterocycles. The number of carboxylic acids is 1. The molecule has 0 radical (unpaired) electrons. The summed E-state index contributed by atoms with van der Waals surface area (Å²) in [5.74, 6) is -1.12. The highest BCUT2D eigenvalue weighted by atomic mass is 16.4. The molecular weight excluding hydrogens is 182 g/mol. The quantitative estimate of drug-likeness (QED) is 0.611. The third-order valence-electron chi connectivity index (χ3n) is 3.23. The lowest BCUT2D eigenvalue weighted by Gasteiger charge is -2.22. The Kier molecular flexibility index (Phi) is 2.49. The molecular formula is C10H17NO3. The van der Waals surface area contributed by atoms with Crippen molar-refractivity contribution >= 4 is 5.97 Å². The van der Waals surface area contributed by atoms with Gasteiger partial charge in [-0.2, -0.15) is 0 Å². The van der Waals surface area contributed by atoms with Crippen LogP contribution in [0.2, 0.25) is 0 Å². The first-order chi connectivity index (χ1) is 6.59. The van der Waals surface area contributed by atoms with Crippen LogP contribution in [-0.2, 0) is 4.79 Å². The number of hydrogen-bond acceptors (Lipinski definition) is 3. The second-order valence-electron chi connectivity index (χ2n) is 4.66. The molecule has 2 aliphatic rings. The summed E-state index contributed by atoms with van der Waals surface area (Å²) in [7, 11) is 0. The summed E-state index contributed by atoms with van der Waals surface area (Å²) in [6.45, 7) is 0.557. The van der Waals surface area contributed by atoms with Crippen LogP contribution in [0.1, 0.15) is 32.1 Å². The fourth-order valence-corrected chi connectivity index (χ4v) is 2.10. The second-order valence-corrected chi connectivity index (χ2v) is 4.66. The Labute approximate surface area is 83.3 Å². The number of rotatable bonds is 4. The highest BCUT2D eigenvalue weighted by molar-refractivity contribution is 5.70. The molecule has 0 saturated heterocycles. The maximum atomic E-state index is 10.7. The van der Waals surface area contributed by atoms with Gasteiger partial charge in [0.1, 0.15) is 0 Å². The van der Waals surface area contributed by atoms with Crippen LogP contribution in [-0.4, -0.2) is 34.4 Å². The third-order valence-corrected chi connectivity index (χ3v) is 3.23. The minimum absolute atomic E-state index is 0.346. The van der Waals surface area contributed by atoms with E-state index in [1.54, 1.807) is 0 Å². The van der Waals surface area contributed by atoms with Gasteiger partial charge in [-0.3, -0.25) is 4.79 Å². The van der Waals surface area contributed by atoms with Crippen molar-refractivity contribution < 1.29 is 15.0 Å². The SMILES string of the molecule is O=C(O)C1CCC(O)(CNC2CC2)C1. The Balaban J connectivity index is 1.81. The lowest BCUT2D eigenvalue weighted by Crippen LogP contribution is -2.39. The molecule has 4 nitrogen and oxygen atoms in total. The lowest BCUT2D eigenvalue weighted by molar-refractivity contribution is -0.142. The average molecular weight is 199 g/mol. The molecule has 4 heteroatoms. The van der Waals surface area contributed by atoms with Crippen LogP contribution in [0.4, 0.5) is 0 Å². The van der Waals surface area contributed by atoms with E-state index in [-0.39, 0.29) is 5.92 Å². The van der Waals surface area contributed by atoms with Crippen LogP contribution in [0.3, 0.4) is 0 Å². The molecule has 2 aliphatic carbocycles. The van der Waals surface area contributed by atoms with Crippen molar-refractivity contribution in [2.75, 3.05) is 6.54 Å². The monoisotopic (exact) mass is 199 g/mol. The minimum Gasteiger partial charge on any atom is -0.481 e. The highest BCUT2D eigenvalue weighted by Crippen LogP contribution is 2.34. The normalized spacial score (nSPS) is 37.4. The largest absolute Gasteiger partial charge is 0.481 e. The van der Waals surface area contributed by atoms with Gasteiger partial charge < -0.3 is 15.5 Å². The molecule has 2 atom stereocenters. The van der Waals surface area contributed by atoms with Crippen molar-refractivity contribution in [3.05, 3.63) is 0 Å². The molecule has 2 rings (SSSR count). The molecule has 14 heavy (non-hydrogen) atoms. The van der Waals surface area contributed by atoms with Gasteiger partial charge in [0, 0.05) is 12.6 Å². The van der Waals surface area contributed by atoms with E-state index >= 15 is 0 Å². The van der Waals surface area contributed by atoms with Crippen molar-refractivity contribution in [3.8, 4) is 0 Å². The van der Waals surface area contributed by atoms with Gasteiger partial charge in [-0.05, 0) is 32.1 Å². The smallest absolute Gasteiger partial charge is 0.306 e. The van der Waals surface area contributed by atoms with Gasteiger partial charge in [0.15, 0.2) is 0 Å². The predicted molar refractivity (Wildman–Crippen MR) is 51.0 cm³/mol. The van der Waals surface area contributed by atoms with Gasteiger partial charge >= 0.3 is 5.97 Å². The average Bonchev–Trinajstić information content (AvgIpc) is 2.87. The summed E-state index contributed by atoms with van der Waals surface area (Å²) in [5, 5.41) is 22.1. The Morgan fingerprint density at radius 2 is 2.14 bits per heavy atom. The van der Waals surface area contributed by atoms with Crippen LogP contribution < -0.4 is 5.32 Å². The number of carbonyl (C=O) groups is 1. The number of carboxylic acid groups (broad SMARTS) is 1. The number of aliphatic hydroxyl groups is 1. The third kappa shape index (κ3) is 2.25. The zero-order valence-corrected chi connectivity index (χ0v) is 8.20. The van der Waals surface area contributed by atoms with Crippen molar-refractivity contribution in [3.63, 3.8) is 0 Å². The van der Waals surface area contributed by atoms with Crippen molar-refractivity contribution in [2.45, 2.75) is 43.7 Å². The molecule has 0 aliphatic heterocycles. The second kappa shape index (κ2) is 3.51. The van der Waals surface area contributed by atoms with Gasteiger partial charge in [0.05, 0.1) is 11.5 Å². The first-order valence-electron chi connectivity index (χ1n) is 5.28. The van der Waals surface area contributed by atoms with E-state index in [1.165, 1.54) is 12.8 Å². The standard InChI is InChI=1S/C10H17NO3/c12-9(13)7-3-4-10(14,5-7)6-11-8-1-2-8/h7-8,11,14H,1-6H2,(H,12,13). The molecule has 0 bridgehead atoms. The lowest BCUT2D eigenvalue weighted by atomic mass is 10.0. The molecule has 0 spiro atoms. The van der Waals surface area contributed by atoms with Crippen LogP contribution >= 0.6 is 0 Å². The zero-order valence-electron chi connectivity index (χ0n) is 8.20. The van der Waals surface area contributed by atoms with E-state index < -0.39 is 11.6 Å². The number of hydrogen-bond donors (Lipinski definition) is 3. The summed E-state index contributed by atoms with van der Waals surface area (Å²) < 4.78 is 0. The van der Waals surface area contributed by atoms with E-state index in [1.807, 2.05) is 0 Å². The van der Waals surface area contributed by atoms with Crippen LogP contribution in [0, 0.1) is 5.92 Å². The Morgan fingerprint density at radius 3 is 2.64 bits per heavy atom. The maximum absolute atomic E-state index is 10.7. The first kappa shape index (κ1) is 9.93. The molecule has 0 amide bonds. The minimum atomic E-state index is -0.772. The molecule has 0 aromatic carbocycles. The van der Waals surface area contributed by atoms with Crippen molar-refractivity contribution in [1.29, 1.82) is 0 Å². The van der Waals surface area contributed by atoms with Gasteiger partial charge in [-0.1, -0.05) is 0 Å². The molecule has 80 valence electrons. The van der Waals surface area contributed by atoms with Crippen LogP contribution in [0.5, 0.6) is 0 Å². The van der Waals surface area contributed by atoms with Gasteiger partial charge in [-0.15, -0.1) is 0 Å². The summed E-state index contributed by atoms with van der Waals surface area (Å²) in [4.78, 5) is 10.7. The highest BCUT2D eigenvalue weighted by Gasteiger charge is 2.41. The molecule has 2 fully saturated rings. The topological polar surface area (TPSA) is 69.6 Å². The number of nitrogens with one attached hydrogen (secondary N) is 1. The fraction of sp³-hybridized carbons (Fsp3) is 0.900. The maximum Gasteiger partial charge on any atom is 0.306 e. The summed E-state index contributed by atoms with van der Waals surface area (Å²) >= 11 is 0. The fourth-order valence-electron chi connectivity index (χ4n) is 2.10. The first-order valence-corrected chi connectivity index (χ1v) is 5.28. The Hall–Kier alpha value is -0.610. The summed E-state index contributed by atoms with van der Waals surface area (Å²) in [5.41, 5.74) is -0.772. The zero-order chi connectivity index (χ0) is 10.2. The number of aliphatic carboxylic acids is 1. The molecule has 0 aromatic rings. The van der Waals surface area contributed by atoms with E-state index in [4.69, 9.17) is 5.11 Å². The van der Waals surface area contributed by atoms with Gasteiger partial charge in [0.2, 0.25) is 0 Å². The summed E-state index contributed by atoms with van der Waals surface area (Å²) in [6, 6.07) is 0.572. The van der Waals surface area contributed by atoms with E-state index in [0.29, 0.717) is 31.8 Å². The molecule has 2 saturated carbocycles. The van der Waals surface area contributed by atoms with Gasteiger partial charge in [0.25, 0.3) is 0 Å². The van der Waals surface area contributed by atoms with Crippen LogP contribution in [0.25, 0.3) is 0 Å². The summed E-state index contributed by atoms with van der Waals surface area (Å²) in [6.07, 6.45) is 4.01. The van der Waals surface area contributed by atoms with Crippen LogP contribution in [0.15, 0.2) is 0 Å². The molecule has 0 aromatic heterocycles. The predicted octanol–water partition coefficient (Wildman–Crippen LogP) is 0.354. The molecule has 3 N–H and O–H groups in total. The Morgan fingerprint density at radius 1 is 1.43 bits per heavy atom. The Bertz CT molecular complexity index is 240.